The van der Waals surface area contributed by atoms with Crippen molar-refractivity contribution in [3.8, 4) is 0 Å². The number of aryl methyl sites for hydroxylation is 1. The van der Waals surface area contributed by atoms with Crippen LogP contribution in [0.15, 0.2) is 47.5 Å². The Bertz CT molecular complexity index is 832. The fraction of sp³-hybridized carbons (Fsp3) is 0.143. The third kappa shape index (κ3) is 4.44. The Morgan fingerprint density at radius 3 is 2.21 bits per heavy atom. The number of benzene rings is 1. The summed E-state index contributed by atoms with van der Waals surface area (Å²) in [5.41, 5.74) is -0.145. The molecular weight excluding hydrogens is 347 g/mol. The number of pyridine rings is 1. The lowest BCUT2D eigenvalue weighted by Crippen LogP contribution is -2.34. The molecule has 0 atom stereocenters. The second-order valence-corrected chi connectivity index (χ2v) is 6.48. The number of urea groups is 1. The molecule has 1 aromatic carbocycles. The smallest absolute Gasteiger partial charge is 0.292 e. The van der Waals surface area contributed by atoms with Gasteiger partial charge in [0.2, 0.25) is 0 Å². The van der Waals surface area contributed by atoms with E-state index in [9.17, 15) is 26.4 Å². The van der Waals surface area contributed by atoms with Gasteiger partial charge in [0.15, 0.2) is 0 Å². The number of anilines is 1. The molecule has 0 fully saturated rings. The summed E-state index contributed by atoms with van der Waals surface area (Å²) < 4.78 is 62.9. The number of carbonyl (C=O) groups is 1. The van der Waals surface area contributed by atoms with Crippen LogP contribution in [0.2, 0.25) is 0 Å². The SMILES string of the molecule is Cc1ccc(S(=O)(=O)NC(=O)Nc2ccc(C(F)(F)F)cn2)cc1. The van der Waals surface area contributed by atoms with E-state index < -0.39 is 27.8 Å². The van der Waals surface area contributed by atoms with Gasteiger partial charge < -0.3 is 0 Å². The lowest BCUT2D eigenvalue weighted by atomic mass is 10.2. The zero-order valence-corrected chi connectivity index (χ0v) is 13.1. The van der Waals surface area contributed by atoms with Gasteiger partial charge in [-0.2, -0.15) is 13.2 Å². The highest BCUT2D eigenvalue weighted by Crippen LogP contribution is 2.28. The number of sulfonamides is 1. The van der Waals surface area contributed by atoms with E-state index in [-0.39, 0.29) is 10.7 Å². The van der Waals surface area contributed by atoms with Crippen LogP contribution >= 0.6 is 0 Å². The van der Waals surface area contributed by atoms with Gasteiger partial charge in [-0.25, -0.2) is 22.9 Å². The first-order valence-corrected chi connectivity index (χ1v) is 8.00. The number of halogens is 3. The van der Waals surface area contributed by atoms with E-state index in [2.05, 4.69) is 10.3 Å². The summed E-state index contributed by atoms with van der Waals surface area (Å²) in [5.74, 6) is -0.223. The summed E-state index contributed by atoms with van der Waals surface area (Å²) in [5, 5.41) is 2.05. The molecule has 0 saturated carbocycles. The van der Waals surface area contributed by atoms with E-state index in [0.29, 0.717) is 6.20 Å². The van der Waals surface area contributed by atoms with Crippen LogP contribution in [0.1, 0.15) is 11.1 Å². The number of nitrogens with one attached hydrogen (secondary N) is 2. The molecule has 10 heteroatoms. The monoisotopic (exact) mass is 359 g/mol. The third-order valence-electron chi connectivity index (χ3n) is 2.89. The van der Waals surface area contributed by atoms with E-state index in [1.54, 1.807) is 23.8 Å². The van der Waals surface area contributed by atoms with Crippen LogP contribution in [0.5, 0.6) is 0 Å². The second-order valence-electron chi connectivity index (χ2n) is 4.80. The molecule has 0 unspecified atom stereocenters. The Labute approximate surface area is 135 Å². The van der Waals surface area contributed by atoms with Crippen molar-refractivity contribution in [1.82, 2.24) is 9.71 Å². The Hall–Kier alpha value is -2.62. The van der Waals surface area contributed by atoms with Crippen molar-refractivity contribution in [2.24, 2.45) is 0 Å². The predicted octanol–water partition coefficient (Wildman–Crippen LogP) is 2.92. The second kappa shape index (κ2) is 6.48. The largest absolute Gasteiger partial charge is 0.417 e. The lowest BCUT2D eigenvalue weighted by Gasteiger charge is -2.09. The number of rotatable bonds is 3. The molecule has 0 saturated heterocycles. The van der Waals surface area contributed by atoms with Crippen molar-refractivity contribution >= 4 is 21.9 Å². The van der Waals surface area contributed by atoms with Gasteiger partial charge in [-0.05, 0) is 31.2 Å². The summed E-state index contributed by atoms with van der Waals surface area (Å²) in [6.07, 6.45) is -4.02. The predicted molar refractivity (Wildman–Crippen MR) is 79.8 cm³/mol. The zero-order chi connectivity index (χ0) is 18.0. The number of hydrogen-bond acceptors (Lipinski definition) is 4. The van der Waals surface area contributed by atoms with Crippen molar-refractivity contribution in [3.63, 3.8) is 0 Å². The topological polar surface area (TPSA) is 88.2 Å². The average Bonchev–Trinajstić information content (AvgIpc) is 2.46. The van der Waals surface area contributed by atoms with E-state index in [1.165, 1.54) is 12.1 Å². The van der Waals surface area contributed by atoms with Crippen molar-refractivity contribution in [2.75, 3.05) is 5.32 Å². The summed E-state index contributed by atoms with van der Waals surface area (Å²) in [7, 11) is -4.10. The standard InChI is InChI=1S/C14H12F3N3O3S/c1-9-2-5-11(6-3-9)24(22,23)20-13(21)19-12-7-4-10(8-18-12)14(15,16)17/h2-8H,1H3,(H2,18,19,20,21). The minimum Gasteiger partial charge on any atom is -0.292 e. The summed E-state index contributed by atoms with van der Waals surface area (Å²) in [4.78, 5) is 15.0. The van der Waals surface area contributed by atoms with Crippen molar-refractivity contribution in [3.05, 3.63) is 53.7 Å². The highest BCUT2D eigenvalue weighted by molar-refractivity contribution is 7.90. The molecule has 0 aliphatic heterocycles. The molecule has 0 radical (unpaired) electrons. The van der Waals surface area contributed by atoms with Gasteiger partial charge in [0.05, 0.1) is 10.5 Å². The Morgan fingerprint density at radius 1 is 1.08 bits per heavy atom. The Balaban J connectivity index is 2.06. The molecule has 1 aromatic heterocycles. The first-order valence-electron chi connectivity index (χ1n) is 6.52. The van der Waals surface area contributed by atoms with E-state index in [4.69, 9.17) is 0 Å². The van der Waals surface area contributed by atoms with E-state index >= 15 is 0 Å². The van der Waals surface area contributed by atoms with Crippen LogP contribution in [0.3, 0.4) is 0 Å². The average molecular weight is 359 g/mol. The van der Waals surface area contributed by atoms with Gasteiger partial charge in [0.1, 0.15) is 5.82 Å². The first-order chi connectivity index (χ1) is 11.1. The number of aromatic nitrogens is 1. The van der Waals surface area contributed by atoms with Gasteiger partial charge in [-0.1, -0.05) is 17.7 Å². The molecule has 24 heavy (non-hydrogen) atoms. The number of nitrogens with zero attached hydrogens (tertiary/aromatic N) is 1. The van der Waals surface area contributed by atoms with Crippen molar-refractivity contribution in [1.29, 1.82) is 0 Å². The Kier molecular flexibility index (Phi) is 4.78. The van der Waals surface area contributed by atoms with Crippen LogP contribution in [-0.4, -0.2) is 19.4 Å². The van der Waals surface area contributed by atoms with Gasteiger partial charge in [-0.3, -0.25) is 5.32 Å². The molecule has 2 rings (SSSR count). The van der Waals surface area contributed by atoms with Crippen LogP contribution in [-0.2, 0) is 16.2 Å². The van der Waals surface area contributed by atoms with Crippen LogP contribution in [0.4, 0.5) is 23.8 Å². The molecule has 0 spiro atoms. The molecule has 2 amide bonds. The number of hydrogen-bond donors (Lipinski definition) is 2. The fourth-order valence-electron chi connectivity index (χ4n) is 1.68. The zero-order valence-electron chi connectivity index (χ0n) is 12.3. The minimum absolute atomic E-state index is 0.122. The fourth-order valence-corrected chi connectivity index (χ4v) is 2.58. The minimum atomic E-state index is -4.55. The van der Waals surface area contributed by atoms with Crippen LogP contribution < -0.4 is 10.0 Å². The number of alkyl halides is 3. The number of amides is 2. The van der Waals surface area contributed by atoms with Crippen LogP contribution in [0, 0.1) is 6.92 Å². The van der Waals surface area contributed by atoms with Crippen LogP contribution in [0.25, 0.3) is 0 Å². The first kappa shape index (κ1) is 17.7. The molecule has 2 N–H and O–H groups in total. The summed E-state index contributed by atoms with van der Waals surface area (Å²) in [6, 6.07) is 6.26. The highest BCUT2D eigenvalue weighted by Gasteiger charge is 2.30. The molecule has 1 heterocycles. The number of carbonyl (C=O) groups excluding carboxylic acids is 1. The molecule has 0 aliphatic rings. The molecule has 2 aromatic rings. The van der Waals surface area contributed by atoms with Gasteiger partial charge in [0.25, 0.3) is 10.0 Å². The quantitative estimate of drug-likeness (QED) is 0.882. The summed E-state index contributed by atoms with van der Waals surface area (Å²) in [6.45, 7) is 1.77. The molecule has 0 aliphatic carbocycles. The Morgan fingerprint density at radius 2 is 1.71 bits per heavy atom. The maximum absolute atomic E-state index is 12.4. The van der Waals surface area contributed by atoms with Crippen molar-refractivity contribution in [2.45, 2.75) is 18.0 Å². The molecule has 128 valence electrons. The van der Waals surface area contributed by atoms with E-state index in [0.717, 1.165) is 17.7 Å². The molecular formula is C14H12F3N3O3S. The van der Waals surface area contributed by atoms with Gasteiger partial charge >= 0.3 is 12.2 Å². The maximum atomic E-state index is 12.4. The molecule has 0 bridgehead atoms. The van der Waals surface area contributed by atoms with Gasteiger partial charge in [-0.15, -0.1) is 0 Å². The van der Waals surface area contributed by atoms with Gasteiger partial charge in [0, 0.05) is 6.20 Å². The third-order valence-corrected chi connectivity index (χ3v) is 4.24. The summed E-state index contributed by atoms with van der Waals surface area (Å²) >= 11 is 0. The normalized spacial score (nSPS) is 11.8. The maximum Gasteiger partial charge on any atom is 0.417 e. The lowest BCUT2D eigenvalue weighted by molar-refractivity contribution is -0.137. The van der Waals surface area contributed by atoms with E-state index in [1.807, 2.05) is 0 Å². The molecule has 6 nitrogen and oxygen atoms in total. The highest BCUT2D eigenvalue weighted by atomic mass is 32.2. The van der Waals surface area contributed by atoms with Crippen molar-refractivity contribution < 1.29 is 26.4 Å².